The standard InChI is InChI=1S/C42H42N4O4S/c1-4-5-27-50-36-25-21-33(22-26-36)43-42(49)39(31-13-8-6-9-14-31)51-37-18-12-17-34(29-37)44-41(48)38(45-40(47)32-15-10-7-11-16-32)28-30-19-23-35(24-20-30)46(2)3/h6-26,28-29,39H,4-5,27H2,1-3H3,(H,43,49)(H,44,48)(H,45,47)/b38-28+. The number of benzene rings is 5. The van der Waals surface area contributed by atoms with Gasteiger partial charge in [-0.25, -0.2) is 0 Å². The van der Waals surface area contributed by atoms with E-state index in [4.69, 9.17) is 4.74 Å². The summed E-state index contributed by atoms with van der Waals surface area (Å²) in [5.74, 6) is -0.317. The summed E-state index contributed by atoms with van der Waals surface area (Å²) >= 11 is 1.37. The van der Waals surface area contributed by atoms with Gasteiger partial charge in [-0.1, -0.05) is 80.1 Å². The van der Waals surface area contributed by atoms with Crippen LogP contribution in [0.15, 0.2) is 144 Å². The molecular formula is C42H42N4O4S. The number of carbonyl (C=O) groups excluding carboxylic acids is 3. The first-order chi connectivity index (χ1) is 24.8. The highest BCUT2D eigenvalue weighted by Crippen LogP contribution is 2.37. The number of hydrogen-bond acceptors (Lipinski definition) is 6. The van der Waals surface area contributed by atoms with Crippen LogP contribution in [0.4, 0.5) is 17.1 Å². The van der Waals surface area contributed by atoms with Crippen molar-refractivity contribution in [2.24, 2.45) is 0 Å². The van der Waals surface area contributed by atoms with Crippen LogP contribution >= 0.6 is 11.8 Å². The van der Waals surface area contributed by atoms with Gasteiger partial charge in [-0.2, -0.15) is 0 Å². The number of amides is 3. The third-order valence-electron chi connectivity index (χ3n) is 7.82. The lowest BCUT2D eigenvalue weighted by atomic mass is 10.1. The van der Waals surface area contributed by atoms with Gasteiger partial charge in [-0.15, -0.1) is 11.8 Å². The number of carbonyl (C=O) groups is 3. The fourth-order valence-electron chi connectivity index (χ4n) is 5.04. The van der Waals surface area contributed by atoms with Gasteiger partial charge in [0.1, 0.15) is 16.7 Å². The summed E-state index contributed by atoms with van der Waals surface area (Å²) in [6.45, 7) is 2.77. The lowest BCUT2D eigenvalue weighted by Gasteiger charge is -2.18. The highest BCUT2D eigenvalue weighted by Gasteiger charge is 2.23. The van der Waals surface area contributed by atoms with Crippen LogP contribution in [0.5, 0.6) is 5.75 Å². The fraction of sp³-hybridized carbons (Fsp3) is 0.167. The summed E-state index contributed by atoms with van der Waals surface area (Å²) in [6.07, 6.45) is 3.68. The second-order valence-electron chi connectivity index (χ2n) is 12.0. The molecule has 0 heterocycles. The molecule has 9 heteroatoms. The van der Waals surface area contributed by atoms with Gasteiger partial charge in [0.15, 0.2) is 0 Å². The zero-order chi connectivity index (χ0) is 36.0. The van der Waals surface area contributed by atoms with Crippen molar-refractivity contribution in [1.82, 2.24) is 5.32 Å². The van der Waals surface area contributed by atoms with Crippen molar-refractivity contribution in [2.45, 2.75) is 29.9 Å². The Bertz CT molecular complexity index is 1930. The van der Waals surface area contributed by atoms with Gasteiger partial charge in [0.05, 0.1) is 6.61 Å². The molecule has 1 unspecified atom stereocenters. The van der Waals surface area contributed by atoms with Crippen LogP contribution in [0.3, 0.4) is 0 Å². The van der Waals surface area contributed by atoms with Crippen molar-refractivity contribution < 1.29 is 19.1 Å². The lowest BCUT2D eigenvalue weighted by molar-refractivity contribution is -0.116. The Morgan fingerprint density at radius 3 is 2.12 bits per heavy atom. The predicted octanol–water partition coefficient (Wildman–Crippen LogP) is 8.81. The van der Waals surface area contributed by atoms with E-state index in [1.165, 1.54) is 11.8 Å². The Labute approximate surface area is 303 Å². The Kier molecular flexibility index (Phi) is 13.1. The first kappa shape index (κ1) is 36.5. The SMILES string of the molecule is CCCCOc1ccc(NC(=O)C(Sc2cccc(NC(=O)/C(=C\c3ccc(N(C)C)cc3)NC(=O)c3ccccc3)c2)c2ccccc2)cc1. The predicted molar refractivity (Wildman–Crippen MR) is 208 cm³/mol. The zero-order valence-electron chi connectivity index (χ0n) is 29.0. The molecule has 0 saturated carbocycles. The van der Waals surface area contributed by atoms with E-state index < -0.39 is 17.1 Å². The van der Waals surface area contributed by atoms with Gasteiger partial charge in [-0.05, 0) is 90.4 Å². The number of rotatable bonds is 15. The molecule has 0 fully saturated rings. The third kappa shape index (κ3) is 10.8. The van der Waals surface area contributed by atoms with E-state index in [9.17, 15) is 14.4 Å². The molecule has 0 aliphatic heterocycles. The number of nitrogens with one attached hydrogen (secondary N) is 3. The molecular weight excluding hydrogens is 657 g/mol. The molecule has 0 spiro atoms. The van der Waals surface area contributed by atoms with Gasteiger partial charge in [0.25, 0.3) is 11.8 Å². The van der Waals surface area contributed by atoms with Crippen molar-refractivity contribution in [3.05, 3.63) is 156 Å². The van der Waals surface area contributed by atoms with Gasteiger partial charge in [0.2, 0.25) is 5.91 Å². The number of nitrogens with zero attached hydrogens (tertiary/aromatic N) is 1. The van der Waals surface area contributed by atoms with Crippen LogP contribution in [0.2, 0.25) is 0 Å². The minimum absolute atomic E-state index is 0.0860. The number of ether oxygens (including phenoxy) is 1. The number of anilines is 3. The van der Waals surface area contributed by atoms with Crippen LogP contribution in [-0.2, 0) is 9.59 Å². The van der Waals surface area contributed by atoms with E-state index in [-0.39, 0.29) is 11.6 Å². The molecule has 0 aromatic heterocycles. The molecule has 51 heavy (non-hydrogen) atoms. The third-order valence-corrected chi connectivity index (χ3v) is 9.07. The second-order valence-corrected chi connectivity index (χ2v) is 13.1. The lowest BCUT2D eigenvalue weighted by Crippen LogP contribution is -2.30. The normalized spacial score (nSPS) is 11.6. The molecule has 1 atom stereocenters. The molecule has 0 bridgehead atoms. The van der Waals surface area contributed by atoms with Crippen molar-refractivity contribution >= 4 is 52.6 Å². The van der Waals surface area contributed by atoms with Crippen molar-refractivity contribution in [1.29, 1.82) is 0 Å². The van der Waals surface area contributed by atoms with Gasteiger partial charge >= 0.3 is 0 Å². The van der Waals surface area contributed by atoms with Gasteiger partial charge in [-0.3, -0.25) is 14.4 Å². The monoisotopic (exact) mass is 698 g/mol. The van der Waals surface area contributed by atoms with Crippen LogP contribution in [0.25, 0.3) is 6.08 Å². The molecule has 0 radical (unpaired) electrons. The van der Waals surface area contributed by atoms with E-state index >= 15 is 0 Å². The summed E-state index contributed by atoms with van der Waals surface area (Å²) in [4.78, 5) is 43.4. The summed E-state index contributed by atoms with van der Waals surface area (Å²) in [5.41, 5.74) is 4.29. The minimum atomic E-state index is -0.580. The van der Waals surface area contributed by atoms with Crippen molar-refractivity contribution in [3.8, 4) is 5.75 Å². The van der Waals surface area contributed by atoms with Crippen LogP contribution < -0.4 is 25.6 Å². The largest absolute Gasteiger partial charge is 0.494 e. The van der Waals surface area contributed by atoms with E-state index in [1.54, 1.807) is 36.4 Å². The summed E-state index contributed by atoms with van der Waals surface area (Å²) in [7, 11) is 3.91. The first-order valence-electron chi connectivity index (χ1n) is 16.8. The summed E-state index contributed by atoms with van der Waals surface area (Å²) in [5, 5.41) is 8.20. The maximum Gasteiger partial charge on any atom is 0.272 e. The average molecular weight is 699 g/mol. The van der Waals surface area contributed by atoms with Crippen molar-refractivity contribution in [2.75, 3.05) is 36.2 Å². The summed E-state index contributed by atoms with van der Waals surface area (Å²) < 4.78 is 5.76. The molecule has 0 aliphatic carbocycles. The van der Waals surface area contributed by atoms with Crippen LogP contribution in [-0.4, -0.2) is 38.4 Å². The Balaban J connectivity index is 1.34. The van der Waals surface area contributed by atoms with E-state index in [0.29, 0.717) is 23.5 Å². The topological polar surface area (TPSA) is 99.8 Å². The van der Waals surface area contributed by atoms with Crippen molar-refractivity contribution in [3.63, 3.8) is 0 Å². The maximum absolute atomic E-state index is 13.7. The van der Waals surface area contributed by atoms with E-state index in [1.807, 2.05) is 122 Å². The smallest absolute Gasteiger partial charge is 0.272 e. The number of unbranched alkanes of at least 4 members (excludes halogenated alkanes) is 1. The second kappa shape index (κ2) is 18.3. The molecule has 3 N–H and O–H groups in total. The zero-order valence-corrected chi connectivity index (χ0v) is 29.8. The number of thioether (sulfide) groups is 1. The quantitative estimate of drug-likeness (QED) is 0.0574. The van der Waals surface area contributed by atoms with Gasteiger partial charge < -0.3 is 25.6 Å². The van der Waals surface area contributed by atoms with Crippen LogP contribution in [0, 0.1) is 0 Å². The highest BCUT2D eigenvalue weighted by molar-refractivity contribution is 8.00. The Morgan fingerprint density at radius 1 is 0.765 bits per heavy atom. The highest BCUT2D eigenvalue weighted by atomic mass is 32.2. The molecule has 5 aromatic rings. The Hall–Kier alpha value is -5.80. The van der Waals surface area contributed by atoms with Crippen LogP contribution in [0.1, 0.15) is 46.5 Å². The minimum Gasteiger partial charge on any atom is -0.494 e. The molecule has 0 saturated heterocycles. The molecule has 8 nitrogen and oxygen atoms in total. The average Bonchev–Trinajstić information content (AvgIpc) is 3.15. The van der Waals surface area contributed by atoms with Gasteiger partial charge in [0, 0.05) is 41.6 Å². The van der Waals surface area contributed by atoms with E-state index in [0.717, 1.165) is 40.3 Å². The molecule has 3 amide bonds. The molecule has 5 aromatic carbocycles. The molecule has 5 rings (SSSR count). The molecule has 260 valence electrons. The number of hydrogen-bond donors (Lipinski definition) is 3. The fourth-order valence-corrected chi connectivity index (χ4v) is 6.12. The maximum atomic E-state index is 13.7. The molecule has 0 aliphatic rings. The van der Waals surface area contributed by atoms with E-state index in [2.05, 4.69) is 22.9 Å². The Morgan fingerprint density at radius 2 is 1.45 bits per heavy atom. The summed E-state index contributed by atoms with van der Waals surface area (Å²) in [6, 6.07) is 40.6. The first-order valence-corrected chi connectivity index (χ1v) is 17.7.